The lowest BCUT2D eigenvalue weighted by Gasteiger charge is -2.26. The van der Waals surface area contributed by atoms with E-state index >= 15 is 0 Å². The molecule has 4 N–H and O–H groups in total. The Labute approximate surface area is 131 Å². The third kappa shape index (κ3) is 4.76. The van der Waals surface area contributed by atoms with Crippen LogP contribution in [0.1, 0.15) is 38.2 Å². The molecule has 1 fully saturated rings. The summed E-state index contributed by atoms with van der Waals surface area (Å²) in [6.07, 6.45) is 5.56. The van der Waals surface area contributed by atoms with Crippen LogP contribution in [-0.2, 0) is 11.2 Å². The van der Waals surface area contributed by atoms with E-state index in [4.69, 9.17) is 5.73 Å². The molecule has 0 bridgehead atoms. The summed E-state index contributed by atoms with van der Waals surface area (Å²) in [6, 6.07) is 9.00. The number of urea groups is 1. The van der Waals surface area contributed by atoms with Crippen LogP contribution in [0.25, 0.3) is 0 Å². The minimum absolute atomic E-state index is 0.106. The number of primary amides is 1. The average Bonchev–Trinajstić information content (AvgIpc) is 3.01. The number of carbonyl (C=O) groups excluding carboxylic acids is 2. The van der Waals surface area contributed by atoms with Crippen LogP contribution in [0.4, 0.5) is 4.79 Å². The number of rotatable bonds is 6. The lowest BCUT2D eigenvalue weighted by atomic mass is 9.92. The molecule has 2 atom stereocenters. The molecule has 0 radical (unpaired) electrons. The zero-order chi connectivity index (χ0) is 15.9. The fourth-order valence-corrected chi connectivity index (χ4v) is 3.15. The zero-order valence-electron chi connectivity index (χ0n) is 13.0. The van der Waals surface area contributed by atoms with E-state index in [9.17, 15) is 9.59 Å². The molecule has 1 aliphatic rings. The molecule has 22 heavy (non-hydrogen) atoms. The lowest BCUT2D eigenvalue weighted by Crippen LogP contribution is -2.51. The van der Waals surface area contributed by atoms with E-state index in [-0.39, 0.29) is 11.9 Å². The van der Waals surface area contributed by atoms with Gasteiger partial charge in [0.1, 0.15) is 6.04 Å². The van der Waals surface area contributed by atoms with Crippen LogP contribution in [0.3, 0.4) is 0 Å². The van der Waals surface area contributed by atoms with E-state index in [1.54, 1.807) is 6.92 Å². The summed E-state index contributed by atoms with van der Waals surface area (Å²) < 4.78 is 0. The van der Waals surface area contributed by atoms with E-state index < -0.39 is 12.1 Å². The van der Waals surface area contributed by atoms with Crippen LogP contribution >= 0.6 is 0 Å². The molecule has 1 aromatic carbocycles. The van der Waals surface area contributed by atoms with Gasteiger partial charge in [-0.05, 0) is 37.7 Å². The number of hydrogen-bond donors (Lipinski definition) is 3. The van der Waals surface area contributed by atoms with Crippen LogP contribution in [-0.4, -0.2) is 24.0 Å². The van der Waals surface area contributed by atoms with Crippen LogP contribution in [0.2, 0.25) is 0 Å². The maximum Gasteiger partial charge on any atom is 0.312 e. The van der Waals surface area contributed by atoms with Crippen LogP contribution < -0.4 is 16.4 Å². The molecular weight excluding hydrogens is 278 g/mol. The highest BCUT2D eigenvalue weighted by Crippen LogP contribution is 2.29. The molecule has 3 amide bonds. The molecule has 1 aliphatic carbocycles. The van der Waals surface area contributed by atoms with Crippen LogP contribution in [0, 0.1) is 5.92 Å². The number of hydrogen-bond acceptors (Lipinski definition) is 2. The van der Waals surface area contributed by atoms with Crippen molar-refractivity contribution in [3.8, 4) is 0 Å². The molecule has 120 valence electrons. The first-order valence-corrected chi connectivity index (χ1v) is 7.96. The highest BCUT2D eigenvalue weighted by atomic mass is 16.2. The number of benzene rings is 1. The molecular formula is C17H25N3O2. The van der Waals surface area contributed by atoms with Gasteiger partial charge < -0.3 is 16.4 Å². The smallest absolute Gasteiger partial charge is 0.312 e. The quantitative estimate of drug-likeness (QED) is 0.750. The van der Waals surface area contributed by atoms with Gasteiger partial charge in [-0.1, -0.05) is 43.2 Å². The van der Waals surface area contributed by atoms with Crippen molar-refractivity contribution in [3.05, 3.63) is 35.9 Å². The predicted octanol–water partition coefficient (Wildman–Crippen LogP) is 1.96. The summed E-state index contributed by atoms with van der Waals surface area (Å²) in [6.45, 7) is 1.65. The number of carbonyl (C=O) groups is 2. The Bertz CT molecular complexity index is 498. The van der Waals surface area contributed by atoms with Gasteiger partial charge in [-0.25, -0.2) is 4.79 Å². The van der Waals surface area contributed by atoms with E-state index in [0.29, 0.717) is 5.92 Å². The van der Waals surface area contributed by atoms with E-state index in [1.807, 2.05) is 18.2 Å². The molecule has 0 saturated heterocycles. The van der Waals surface area contributed by atoms with Crippen LogP contribution in [0.5, 0.6) is 0 Å². The second kappa shape index (κ2) is 7.82. The number of nitrogens with one attached hydrogen (secondary N) is 2. The highest BCUT2D eigenvalue weighted by Gasteiger charge is 2.28. The monoisotopic (exact) mass is 303 g/mol. The zero-order valence-corrected chi connectivity index (χ0v) is 13.0. The summed E-state index contributed by atoms with van der Waals surface area (Å²) in [5.41, 5.74) is 6.30. The topological polar surface area (TPSA) is 84.2 Å². The van der Waals surface area contributed by atoms with E-state index in [2.05, 4.69) is 22.8 Å². The summed E-state index contributed by atoms with van der Waals surface area (Å²) in [5, 5.41) is 5.53. The van der Waals surface area contributed by atoms with Crippen molar-refractivity contribution in [2.45, 2.75) is 51.1 Å². The molecule has 0 aromatic heterocycles. The second-order valence-corrected chi connectivity index (χ2v) is 6.08. The summed E-state index contributed by atoms with van der Waals surface area (Å²) in [4.78, 5) is 23.1. The Kier molecular flexibility index (Phi) is 5.81. The Morgan fingerprint density at radius 2 is 1.82 bits per heavy atom. The SMILES string of the molecule is C[C@@H](NC(N)=O)C(=O)N[C@H](Cc1ccccc1)C1CCCC1. The van der Waals surface area contributed by atoms with Crippen molar-refractivity contribution in [1.82, 2.24) is 10.6 Å². The first-order chi connectivity index (χ1) is 10.6. The van der Waals surface area contributed by atoms with Gasteiger partial charge in [0.2, 0.25) is 5.91 Å². The van der Waals surface area contributed by atoms with E-state index in [1.165, 1.54) is 18.4 Å². The maximum atomic E-state index is 12.3. The molecule has 0 spiro atoms. The molecule has 5 heteroatoms. The van der Waals surface area contributed by atoms with Gasteiger partial charge in [-0.2, -0.15) is 0 Å². The van der Waals surface area contributed by atoms with Crippen molar-refractivity contribution in [2.75, 3.05) is 0 Å². The molecule has 0 unspecified atom stereocenters. The molecule has 0 heterocycles. The van der Waals surface area contributed by atoms with E-state index in [0.717, 1.165) is 19.3 Å². The minimum atomic E-state index is -0.678. The normalized spacial score (nSPS) is 17.7. The average molecular weight is 303 g/mol. The molecule has 2 rings (SSSR count). The van der Waals surface area contributed by atoms with Crippen molar-refractivity contribution < 1.29 is 9.59 Å². The summed E-state index contributed by atoms with van der Waals surface area (Å²) >= 11 is 0. The van der Waals surface area contributed by atoms with Gasteiger partial charge in [0.25, 0.3) is 0 Å². The largest absolute Gasteiger partial charge is 0.352 e. The van der Waals surface area contributed by atoms with Gasteiger partial charge in [-0.3, -0.25) is 4.79 Å². The fourth-order valence-electron chi connectivity index (χ4n) is 3.15. The van der Waals surface area contributed by atoms with Gasteiger partial charge in [0.05, 0.1) is 0 Å². The van der Waals surface area contributed by atoms with Crippen molar-refractivity contribution >= 4 is 11.9 Å². The third-order valence-electron chi connectivity index (χ3n) is 4.35. The fraction of sp³-hybridized carbons (Fsp3) is 0.529. The molecule has 1 saturated carbocycles. The predicted molar refractivity (Wildman–Crippen MR) is 86.2 cm³/mol. The lowest BCUT2D eigenvalue weighted by molar-refractivity contribution is -0.123. The first-order valence-electron chi connectivity index (χ1n) is 7.96. The molecule has 1 aromatic rings. The Morgan fingerprint density at radius 1 is 1.18 bits per heavy atom. The minimum Gasteiger partial charge on any atom is -0.352 e. The van der Waals surface area contributed by atoms with Gasteiger partial charge in [-0.15, -0.1) is 0 Å². The highest BCUT2D eigenvalue weighted by molar-refractivity contribution is 5.86. The van der Waals surface area contributed by atoms with Gasteiger partial charge >= 0.3 is 6.03 Å². The molecule has 5 nitrogen and oxygen atoms in total. The Morgan fingerprint density at radius 3 is 2.41 bits per heavy atom. The van der Waals surface area contributed by atoms with Crippen molar-refractivity contribution in [2.24, 2.45) is 11.7 Å². The summed E-state index contributed by atoms with van der Waals surface area (Å²) in [5.74, 6) is 0.330. The van der Waals surface area contributed by atoms with Crippen molar-refractivity contribution in [1.29, 1.82) is 0 Å². The Hall–Kier alpha value is -2.04. The van der Waals surface area contributed by atoms with Gasteiger partial charge in [0, 0.05) is 6.04 Å². The standard InChI is InChI=1S/C17H25N3O2/c1-12(19-17(18)22)16(21)20-15(14-9-5-6-10-14)11-13-7-3-2-4-8-13/h2-4,7-8,12,14-15H,5-6,9-11H2,1H3,(H,20,21)(H3,18,19,22)/t12-,15-/m1/s1. The van der Waals surface area contributed by atoms with Crippen LogP contribution in [0.15, 0.2) is 30.3 Å². The maximum absolute atomic E-state index is 12.3. The Balaban J connectivity index is 2.01. The third-order valence-corrected chi connectivity index (χ3v) is 4.35. The second-order valence-electron chi connectivity index (χ2n) is 6.08. The summed E-state index contributed by atoms with van der Waals surface area (Å²) in [7, 11) is 0. The number of nitrogens with two attached hydrogens (primary N) is 1. The number of amides is 3. The van der Waals surface area contributed by atoms with Gasteiger partial charge in [0.15, 0.2) is 0 Å². The first kappa shape index (κ1) is 16.3. The molecule has 0 aliphatic heterocycles. The van der Waals surface area contributed by atoms with Crippen molar-refractivity contribution in [3.63, 3.8) is 0 Å².